The second-order valence-corrected chi connectivity index (χ2v) is 12.5. The number of aromatic nitrogens is 4. The van der Waals surface area contributed by atoms with Crippen molar-refractivity contribution in [3.05, 3.63) is 166 Å². The standard InChI is InChI=1S/4C11H9NO2.Zr/c4*1-7-3-2-4-9-8(7)5-6-10(12-9)11(13)14;/h4*2-6H,1H3,(H,13,14);/q;;;;+4/p-4. The normalized spacial score (nSPS) is 10.2. The minimum absolute atomic E-state index is 0. The Kier molecular flexibility index (Phi) is 14.5. The monoisotopic (exact) mass is 834 g/mol. The summed E-state index contributed by atoms with van der Waals surface area (Å²) in [7, 11) is 0. The molecule has 0 N–H and O–H groups in total. The Morgan fingerprint density at radius 3 is 0.702 bits per heavy atom. The molecule has 13 heteroatoms. The van der Waals surface area contributed by atoms with Crippen LogP contribution in [0.25, 0.3) is 43.6 Å². The van der Waals surface area contributed by atoms with Gasteiger partial charge in [0.2, 0.25) is 0 Å². The van der Waals surface area contributed by atoms with Gasteiger partial charge in [-0.25, -0.2) is 19.9 Å². The van der Waals surface area contributed by atoms with Crippen LogP contribution in [0.15, 0.2) is 121 Å². The van der Waals surface area contributed by atoms with Crippen LogP contribution in [0.1, 0.15) is 64.2 Å². The topological polar surface area (TPSA) is 212 Å². The van der Waals surface area contributed by atoms with Crippen LogP contribution in [0.4, 0.5) is 0 Å². The van der Waals surface area contributed by atoms with Gasteiger partial charge in [-0.05, 0) is 98.5 Å². The summed E-state index contributed by atoms with van der Waals surface area (Å²) in [6.45, 7) is 7.84. The van der Waals surface area contributed by atoms with E-state index >= 15 is 0 Å². The quantitative estimate of drug-likeness (QED) is 0.249. The van der Waals surface area contributed by atoms with Crippen LogP contribution < -0.4 is 20.4 Å². The fourth-order valence-electron chi connectivity index (χ4n) is 5.69. The number of carboxylic acid groups (broad SMARTS) is 4. The number of carbonyl (C=O) groups is 4. The van der Waals surface area contributed by atoms with E-state index in [1.165, 1.54) is 24.3 Å². The molecule has 8 rings (SSSR count). The van der Waals surface area contributed by atoms with E-state index in [0.29, 0.717) is 22.1 Å². The van der Waals surface area contributed by atoms with Gasteiger partial charge in [0.15, 0.2) is 0 Å². The first-order valence-corrected chi connectivity index (χ1v) is 17.0. The zero-order valence-corrected chi connectivity index (χ0v) is 33.6. The van der Waals surface area contributed by atoms with Crippen LogP contribution in [-0.4, -0.2) is 43.8 Å². The molecule has 0 saturated heterocycles. The van der Waals surface area contributed by atoms with E-state index in [-0.39, 0.29) is 49.0 Å². The van der Waals surface area contributed by atoms with Crippen LogP contribution in [-0.2, 0) is 26.2 Å². The Balaban J connectivity index is 0.000000167. The first-order valence-electron chi connectivity index (χ1n) is 17.0. The summed E-state index contributed by atoms with van der Waals surface area (Å²) in [6.07, 6.45) is 0. The molecule has 0 fully saturated rings. The molecular weight excluding hydrogens is 804 g/mol. The van der Waals surface area contributed by atoms with E-state index in [1.807, 2.05) is 76.2 Å². The molecule has 0 bridgehead atoms. The van der Waals surface area contributed by atoms with Crippen molar-refractivity contribution < 1.29 is 65.8 Å². The number of pyridine rings is 4. The van der Waals surface area contributed by atoms with Crippen LogP contribution in [0.5, 0.6) is 0 Å². The van der Waals surface area contributed by atoms with E-state index in [4.69, 9.17) is 0 Å². The molecule has 4 heterocycles. The molecule has 4 aromatic carbocycles. The molecule has 12 nitrogen and oxygen atoms in total. The maximum absolute atomic E-state index is 10.6. The van der Waals surface area contributed by atoms with Crippen molar-refractivity contribution in [2.75, 3.05) is 0 Å². The second-order valence-electron chi connectivity index (χ2n) is 12.5. The number of hydrogen-bond donors (Lipinski definition) is 0. The van der Waals surface area contributed by atoms with E-state index in [2.05, 4.69) is 19.9 Å². The number of nitrogens with zero attached hydrogens (tertiary/aromatic N) is 4. The molecule has 4 aromatic heterocycles. The molecule has 0 radical (unpaired) electrons. The summed E-state index contributed by atoms with van der Waals surface area (Å²) >= 11 is 0. The Morgan fingerprint density at radius 1 is 0.333 bits per heavy atom. The predicted octanol–water partition coefficient (Wildman–Crippen LogP) is 3.62. The summed E-state index contributed by atoms with van der Waals surface area (Å²) in [5.41, 5.74) is 6.98. The maximum Gasteiger partial charge on any atom is 4.00 e. The molecule has 0 aliphatic heterocycles. The Hall–Kier alpha value is -6.72. The summed E-state index contributed by atoms with van der Waals surface area (Å²) in [6, 6.07) is 35.3. The third-order valence-corrected chi connectivity index (χ3v) is 8.64. The van der Waals surface area contributed by atoms with Crippen molar-refractivity contribution in [2.45, 2.75) is 27.7 Å². The van der Waals surface area contributed by atoms with Gasteiger partial charge >= 0.3 is 26.2 Å². The van der Waals surface area contributed by atoms with Crippen molar-refractivity contribution in [3.63, 3.8) is 0 Å². The van der Waals surface area contributed by atoms with Crippen molar-refractivity contribution in [1.29, 1.82) is 0 Å². The predicted molar refractivity (Wildman–Crippen MR) is 203 cm³/mol. The number of aryl methyl sites for hydroxylation is 4. The van der Waals surface area contributed by atoms with Gasteiger partial charge in [-0.3, -0.25) is 0 Å². The zero-order chi connectivity index (χ0) is 40.5. The van der Waals surface area contributed by atoms with Gasteiger partial charge in [-0.2, -0.15) is 0 Å². The first kappa shape index (κ1) is 43.0. The second kappa shape index (κ2) is 19.2. The van der Waals surface area contributed by atoms with E-state index < -0.39 is 23.9 Å². The Morgan fingerprint density at radius 2 is 0.526 bits per heavy atom. The van der Waals surface area contributed by atoms with Gasteiger partial charge in [-0.1, -0.05) is 72.8 Å². The van der Waals surface area contributed by atoms with Crippen molar-refractivity contribution in [1.82, 2.24) is 19.9 Å². The summed E-state index contributed by atoms with van der Waals surface area (Å²) in [5.74, 6) is -4.97. The van der Waals surface area contributed by atoms with Crippen LogP contribution in [0, 0.1) is 27.7 Å². The average Bonchev–Trinajstić information content (AvgIpc) is 3.18. The minimum atomic E-state index is -1.24. The zero-order valence-electron chi connectivity index (χ0n) is 31.1. The van der Waals surface area contributed by atoms with Gasteiger partial charge in [-0.15, -0.1) is 0 Å². The molecule has 0 spiro atoms. The molecule has 57 heavy (non-hydrogen) atoms. The maximum atomic E-state index is 10.6. The van der Waals surface area contributed by atoms with E-state index in [9.17, 15) is 39.6 Å². The smallest absolute Gasteiger partial charge is 0.543 e. The number of aromatic carboxylic acids is 4. The summed E-state index contributed by atoms with van der Waals surface area (Å²) in [5, 5.41) is 46.1. The van der Waals surface area contributed by atoms with Crippen LogP contribution in [0.3, 0.4) is 0 Å². The molecule has 8 aromatic rings. The molecule has 0 aliphatic carbocycles. The van der Waals surface area contributed by atoms with Crippen LogP contribution >= 0.6 is 0 Å². The average molecular weight is 836 g/mol. The summed E-state index contributed by atoms with van der Waals surface area (Å²) in [4.78, 5) is 58.1. The molecule has 0 saturated carbocycles. The fraction of sp³-hybridized carbons (Fsp3) is 0.0909. The van der Waals surface area contributed by atoms with E-state index in [0.717, 1.165) is 43.8 Å². The molecule has 280 valence electrons. The minimum Gasteiger partial charge on any atom is -0.543 e. The third kappa shape index (κ3) is 10.7. The van der Waals surface area contributed by atoms with Crippen molar-refractivity contribution in [3.8, 4) is 0 Å². The molecule has 0 amide bonds. The number of benzene rings is 4. The molecule has 0 aliphatic rings. The van der Waals surface area contributed by atoms with Gasteiger partial charge in [0.25, 0.3) is 0 Å². The Labute approximate surface area is 345 Å². The first-order chi connectivity index (χ1) is 26.7. The van der Waals surface area contributed by atoms with E-state index in [1.54, 1.807) is 48.5 Å². The molecule has 0 unspecified atom stereocenters. The van der Waals surface area contributed by atoms with Crippen molar-refractivity contribution >= 4 is 67.5 Å². The van der Waals surface area contributed by atoms with Gasteiger partial charge in [0, 0.05) is 21.5 Å². The number of carboxylic acids is 4. The number of fused-ring (bicyclic) bond motifs is 4. The number of rotatable bonds is 4. The summed E-state index contributed by atoms with van der Waals surface area (Å²) < 4.78 is 0. The molecular formula is C44H32N4O8Zr. The Bertz CT molecular complexity index is 2410. The van der Waals surface area contributed by atoms with Crippen LogP contribution in [0.2, 0.25) is 0 Å². The van der Waals surface area contributed by atoms with Gasteiger partial charge in [0.05, 0.1) is 68.7 Å². The molecule has 0 atom stereocenters. The fourth-order valence-corrected chi connectivity index (χ4v) is 5.69. The van der Waals surface area contributed by atoms with Gasteiger partial charge in [0.1, 0.15) is 0 Å². The third-order valence-electron chi connectivity index (χ3n) is 8.64. The number of carbonyl (C=O) groups excluding carboxylic acids is 4. The SMILES string of the molecule is Cc1cccc2nc(C(=O)[O-])ccc12.Cc1cccc2nc(C(=O)[O-])ccc12.Cc1cccc2nc(C(=O)[O-])ccc12.Cc1cccc2nc(C(=O)[O-])ccc12.[Zr+4]. The van der Waals surface area contributed by atoms with Crippen molar-refractivity contribution in [2.24, 2.45) is 0 Å². The van der Waals surface area contributed by atoms with Gasteiger partial charge < -0.3 is 39.6 Å². The largest absolute Gasteiger partial charge is 4.00 e. The number of hydrogen-bond acceptors (Lipinski definition) is 12.